The van der Waals surface area contributed by atoms with Gasteiger partial charge in [0.2, 0.25) is 0 Å². The highest BCUT2D eigenvalue weighted by atomic mass is 32.2. The van der Waals surface area contributed by atoms with E-state index in [0.29, 0.717) is 23.0 Å². The van der Waals surface area contributed by atoms with Crippen LogP contribution in [0.2, 0.25) is 0 Å². The molecule has 0 bridgehead atoms. The minimum absolute atomic E-state index is 0.0399. The molecule has 3 rings (SSSR count). The fourth-order valence-electron chi connectivity index (χ4n) is 1.78. The highest BCUT2D eigenvalue weighted by Crippen LogP contribution is 2.27. The summed E-state index contributed by atoms with van der Waals surface area (Å²) in [7, 11) is 0. The maximum atomic E-state index is 9.41. The Balaban J connectivity index is 1.72. The van der Waals surface area contributed by atoms with Crippen LogP contribution in [0.4, 0.5) is 5.69 Å². The van der Waals surface area contributed by atoms with Crippen molar-refractivity contribution in [1.29, 1.82) is 0 Å². The van der Waals surface area contributed by atoms with E-state index in [2.05, 4.69) is 10.1 Å². The summed E-state index contributed by atoms with van der Waals surface area (Å²) in [6.45, 7) is 0. The first-order valence-electron chi connectivity index (χ1n) is 6.31. The first kappa shape index (κ1) is 13.5. The zero-order chi connectivity index (χ0) is 14.7. The SMILES string of the molecule is Nc1cc(-c2nc(CSc3ccccc3)no2)ccc1O. The zero-order valence-corrected chi connectivity index (χ0v) is 11.9. The second-order valence-corrected chi connectivity index (χ2v) is 5.44. The maximum absolute atomic E-state index is 9.41. The largest absolute Gasteiger partial charge is 0.506 e. The average molecular weight is 299 g/mol. The van der Waals surface area contributed by atoms with Gasteiger partial charge in [0.05, 0.1) is 11.4 Å². The standard InChI is InChI=1S/C15H13N3O2S/c16-12-8-10(6-7-13(12)19)15-17-14(18-20-15)9-21-11-4-2-1-3-5-11/h1-8,19H,9,16H2. The molecule has 0 aliphatic rings. The van der Waals surface area contributed by atoms with Crippen LogP contribution in [-0.2, 0) is 5.75 Å². The van der Waals surface area contributed by atoms with Crippen molar-refractivity contribution in [3.05, 3.63) is 54.4 Å². The molecule has 0 saturated carbocycles. The summed E-state index contributed by atoms with van der Waals surface area (Å²) >= 11 is 1.64. The number of hydrogen-bond acceptors (Lipinski definition) is 6. The number of anilines is 1. The number of phenols is 1. The van der Waals surface area contributed by atoms with Gasteiger partial charge in [-0.3, -0.25) is 0 Å². The molecule has 106 valence electrons. The maximum Gasteiger partial charge on any atom is 0.258 e. The predicted octanol–water partition coefficient (Wildman–Crippen LogP) is 3.32. The Hall–Kier alpha value is -2.47. The highest BCUT2D eigenvalue weighted by Gasteiger charge is 2.10. The summed E-state index contributed by atoms with van der Waals surface area (Å²) in [5, 5.41) is 13.4. The fourth-order valence-corrected chi connectivity index (χ4v) is 2.54. The number of rotatable bonds is 4. The summed E-state index contributed by atoms with van der Waals surface area (Å²) in [4.78, 5) is 5.48. The monoisotopic (exact) mass is 299 g/mol. The number of hydrogen-bond donors (Lipinski definition) is 2. The lowest BCUT2D eigenvalue weighted by Gasteiger charge is -1.99. The van der Waals surface area contributed by atoms with Crippen molar-refractivity contribution in [1.82, 2.24) is 10.1 Å². The van der Waals surface area contributed by atoms with E-state index in [4.69, 9.17) is 10.3 Å². The smallest absolute Gasteiger partial charge is 0.258 e. The second kappa shape index (κ2) is 5.88. The first-order chi connectivity index (χ1) is 10.2. The van der Waals surface area contributed by atoms with Gasteiger partial charge in [-0.25, -0.2) is 0 Å². The third-order valence-electron chi connectivity index (χ3n) is 2.85. The van der Waals surface area contributed by atoms with Crippen LogP contribution in [0.5, 0.6) is 5.75 Å². The molecule has 0 fully saturated rings. The molecule has 2 aromatic carbocycles. The van der Waals surface area contributed by atoms with Crippen molar-refractivity contribution in [3.63, 3.8) is 0 Å². The Morgan fingerprint density at radius 2 is 1.95 bits per heavy atom. The van der Waals surface area contributed by atoms with Gasteiger partial charge in [0.15, 0.2) is 5.82 Å². The number of nitrogen functional groups attached to an aromatic ring is 1. The van der Waals surface area contributed by atoms with Gasteiger partial charge >= 0.3 is 0 Å². The minimum atomic E-state index is 0.0399. The van der Waals surface area contributed by atoms with Crippen LogP contribution < -0.4 is 5.73 Å². The Morgan fingerprint density at radius 3 is 2.71 bits per heavy atom. The molecule has 0 aliphatic heterocycles. The average Bonchev–Trinajstić information content (AvgIpc) is 2.98. The van der Waals surface area contributed by atoms with E-state index < -0.39 is 0 Å². The summed E-state index contributed by atoms with van der Waals surface area (Å²) < 4.78 is 5.22. The zero-order valence-electron chi connectivity index (χ0n) is 11.1. The number of benzene rings is 2. The molecule has 0 aliphatic carbocycles. The lowest BCUT2D eigenvalue weighted by atomic mass is 10.2. The van der Waals surface area contributed by atoms with Crippen molar-refractivity contribution < 1.29 is 9.63 Å². The molecule has 0 radical (unpaired) electrons. The molecule has 3 aromatic rings. The first-order valence-corrected chi connectivity index (χ1v) is 7.30. The summed E-state index contributed by atoms with van der Waals surface area (Å²) in [6.07, 6.45) is 0. The van der Waals surface area contributed by atoms with Crippen molar-refractivity contribution in [2.45, 2.75) is 10.6 Å². The lowest BCUT2D eigenvalue weighted by molar-refractivity contribution is 0.425. The second-order valence-electron chi connectivity index (χ2n) is 4.39. The molecule has 3 N–H and O–H groups in total. The van der Waals surface area contributed by atoms with E-state index in [-0.39, 0.29) is 11.4 Å². The van der Waals surface area contributed by atoms with Crippen LogP contribution in [0.25, 0.3) is 11.5 Å². The van der Waals surface area contributed by atoms with Crippen LogP contribution in [0.3, 0.4) is 0 Å². The lowest BCUT2D eigenvalue weighted by Crippen LogP contribution is -1.87. The van der Waals surface area contributed by atoms with Crippen LogP contribution in [0, 0.1) is 0 Å². The van der Waals surface area contributed by atoms with Gasteiger partial charge in [-0.2, -0.15) is 4.98 Å². The molecule has 0 amide bonds. The Labute approximate surface area is 125 Å². The van der Waals surface area contributed by atoms with E-state index in [1.54, 1.807) is 23.9 Å². The number of thioether (sulfide) groups is 1. The number of aromatic nitrogens is 2. The van der Waals surface area contributed by atoms with E-state index in [1.807, 2.05) is 30.3 Å². The van der Waals surface area contributed by atoms with E-state index >= 15 is 0 Å². The molecule has 6 heteroatoms. The quantitative estimate of drug-likeness (QED) is 0.437. The fraction of sp³-hybridized carbons (Fsp3) is 0.0667. The Bertz CT molecular complexity index is 744. The molecular weight excluding hydrogens is 286 g/mol. The summed E-state index contributed by atoms with van der Waals surface area (Å²) in [6, 6.07) is 14.8. The van der Waals surface area contributed by atoms with Crippen LogP contribution >= 0.6 is 11.8 Å². The van der Waals surface area contributed by atoms with Gasteiger partial charge in [0, 0.05) is 10.5 Å². The van der Waals surface area contributed by atoms with E-state index in [1.165, 1.54) is 6.07 Å². The topological polar surface area (TPSA) is 85.2 Å². The molecule has 0 atom stereocenters. The van der Waals surface area contributed by atoms with Gasteiger partial charge in [0.25, 0.3) is 5.89 Å². The Kier molecular flexibility index (Phi) is 3.79. The molecular formula is C15H13N3O2S. The van der Waals surface area contributed by atoms with Crippen LogP contribution in [0.15, 0.2) is 57.9 Å². The normalized spacial score (nSPS) is 10.7. The molecule has 0 unspecified atom stereocenters. The third-order valence-corrected chi connectivity index (χ3v) is 3.86. The van der Waals surface area contributed by atoms with Gasteiger partial charge < -0.3 is 15.4 Å². The van der Waals surface area contributed by atoms with E-state index in [0.717, 1.165) is 4.90 Å². The molecule has 5 nitrogen and oxygen atoms in total. The Morgan fingerprint density at radius 1 is 1.14 bits per heavy atom. The van der Waals surface area contributed by atoms with Crippen molar-refractivity contribution in [2.75, 3.05) is 5.73 Å². The molecule has 21 heavy (non-hydrogen) atoms. The number of nitrogens with zero attached hydrogens (tertiary/aromatic N) is 2. The molecule has 1 heterocycles. The summed E-state index contributed by atoms with van der Waals surface area (Å²) in [5.41, 5.74) is 6.63. The summed E-state index contributed by atoms with van der Waals surface area (Å²) in [5.74, 6) is 1.68. The van der Waals surface area contributed by atoms with Crippen molar-refractivity contribution in [3.8, 4) is 17.2 Å². The van der Waals surface area contributed by atoms with Crippen molar-refractivity contribution in [2.24, 2.45) is 0 Å². The van der Waals surface area contributed by atoms with Crippen LogP contribution in [0.1, 0.15) is 5.82 Å². The van der Waals surface area contributed by atoms with Crippen molar-refractivity contribution >= 4 is 17.4 Å². The molecule has 1 aromatic heterocycles. The molecule has 0 saturated heterocycles. The van der Waals surface area contributed by atoms with Gasteiger partial charge in [0.1, 0.15) is 5.75 Å². The molecule has 0 spiro atoms. The number of aromatic hydroxyl groups is 1. The van der Waals surface area contributed by atoms with Gasteiger partial charge in [-0.15, -0.1) is 11.8 Å². The minimum Gasteiger partial charge on any atom is -0.506 e. The van der Waals surface area contributed by atoms with Gasteiger partial charge in [-0.05, 0) is 30.3 Å². The predicted molar refractivity (Wildman–Crippen MR) is 81.8 cm³/mol. The third kappa shape index (κ3) is 3.17. The number of phenolic OH excluding ortho intramolecular Hbond substituents is 1. The van der Waals surface area contributed by atoms with Crippen LogP contribution in [-0.4, -0.2) is 15.2 Å². The highest BCUT2D eigenvalue weighted by molar-refractivity contribution is 7.98. The van der Waals surface area contributed by atoms with Gasteiger partial charge in [-0.1, -0.05) is 23.4 Å². The number of nitrogens with two attached hydrogens (primary N) is 1. The van der Waals surface area contributed by atoms with E-state index in [9.17, 15) is 5.11 Å².